The van der Waals surface area contributed by atoms with Crippen LogP contribution in [0.25, 0.3) is 0 Å². The van der Waals surface area contributed by atoms with Crippen LogP contribution in [0, 0.1) is 0 Å². The van der Waals surface area contributed by atoms with Crippen LogP contribution >= 0.6 is 0 Å². The fourth-order valence-corrected chi connectivity index (χ4v) is 1.97. The van der Waals surface area contributed by atoms with Crippen molar-refractivity contribution in [2.24, 2.45) is 0 Å². The molecule has 1 unspecified atom stereocenters. The van der Waals surface area contributed by atoms with Gasteiger partial charge in [-0.05, 0) is 43.9 Å². The van der Waals surface area contributed by atoms with E-state index in [0.717, 1.165) is 12.3 Å². The van der Waals surface area contributed by atoms with Gasteiger partial charge >= 0.3 is 0 Å². The molecule has 0 fully saturated rings. The van der Waals surface area contributed by atoms with Crippen molar-refractivity contribution in [2.45, 2.75) is 58.6 Å². The predicted octanol–water partition coefficient (Wildman–Crippen LogP) is 3.77. The van der Waals surface area contributed by atoms with E-state index in [1.165, 1.54) is 5.56 Å². The van der Waals surface area contributed by atoms with Crippen LogP contribution in [0.15, 0.2) is 24.3 Å². The van der Waals surface area contributed by atoms with E-state index in [1.54, 1.807) is 7.11 Å². The third-order valence-corrected chi connectivity index (χ3v) is 3.24. The quantitative estimate of drug-likeness (QED) is 0.866. The Morgan fingerprint density at radius 3 is 2.00 bits per heavy atom. The highest BCUT2D eigenvalue weighted by atomic mass is 16.5. The molecule has 0 aliphatic carbocycles. The zero-order valence-electron chi connectivity index (χ0n) is 14.6. The maximum absolute atomic E-state index is 6.03. The summed E-state index contributed by atoms with van der Waals surface area (Å²) in [4.78, 5) is 0. The third-order valence-electron chi connectivity index (χ3n) is 3.24. The molecule has 1 aromatic rings. The van der Waals surface area contributed by atoms with E-state index < -0.39 is 0 Å². The number of hydrogen-bond acceptors (Lipinski definition) is 3. The summed E-state index contributed by atoms with van der Waals surface area (Å²) in [5.74, 6) is 0.890. The predicted molar refractivity (Wildman–Crippen MR) is 89.2 cm³/mol. The Kier molecular flexibility index (Phi) is 6.24. The zero-order chi connectivity index (χ0) is 16.1. The molecule has 21 heavy (non-hydrogen) atoms. The Hall–Kier alpha value is -1.06. The molecule has 3 nitrogen and oxygen atoms in total. The van der Waals surface area contributed by atoms with Crippen LogP contribution in [0.5, 0.6) is 5.75 Å². The highest BCUT2D eigenvalue weighted by Crippen LogP contribution is 2.24. The van der Waals surface area contributed by atoms with Gasteiger partial charge in [0.1, 0.15) is 11.9 Å². The van der Waals surface area contributed by atoms with Crippen LogP contribution in [0.1, 0.15) is 47.1 Å². The molecular formula is C18H31NO2. The molecule has 120 valence electrons. The van der Waals surface area contributed by atoms with Gasteiger partial charge in [0.25, 0.3) is 0 Å². The number of hydrogen-bond donors (Lipinski definition) is 1. The van der Waals surface area contributed by atoms with Crippen LogP contribution < -0.4 is 10.1 Å². The molecule has 0 saturated carbocycles. The second-order valence-electron chi connectivity index (χ2n) is 7.60. The van der Waals surface area contributed by atoms with Crippen molar-refractivity contribution >= 4 is 0 Å². The topological polar surface area (TPSA) is 30.5 Å². The molecule has 0 radical (unpaired) electrons. The SMILES string of the molecule is COCC(CNC(C)(C)C)Oc1ccc(C(C)(C)C)cc1. The standard InChI is InChI=1S/C18H31NO2/c1-17(2,3)14-8-10-15(11-9-14)21-16(13-20-7)12-19-18(4,5)6/h8-11,16,19H,12-13H2,1-7H3. The molecule has 0 saturated heterocycles. The molecule has 0 heterocycles. The second-order valence-corrected chi connectivity index (χ2v) is 7.60. The third kappa shape index (κ3) is 6.96. The Morgan fingerprint density at radius 1 is 1.00 bits per heavy atom. The minimum atomic E-state index is 0.00899. The first-order valence-corrected chi connectivity index (χ1v) is 7.63. The lowest BCUT2D eigenvalue weighted by Crippen LogP contribution is -2.44. The lowest BCUT2D eigenvalue weighted by atomic mass is 9.87. The molecule has 0 aliphatic heterocycles. The van der Waals surface area contributed by atoms with E-state index >= 15 is 0 Å². The summed E-state index contributed by atoms with van der Waals surface area (Å²) in [5.41, 5.74) is 1.55. The van der Waals surface area contributed by atoms with Crippen molar-refractivity contribution < 1.29 is 9.47 Å². The van der Waals surface area contributed by atoms with E-state index in [-0.39, 0.29) is 17.1 Å². The van der Waals surface area contributed by atoms with Gasteiger partial charge < -0.3 is 14.8 Å². The average molecular weight is 293 g/mol. The summed E-state index contributed by atoms with van der Waals surface area (Å²) in [6.45, 7) is 14.4. The van der Waals surface area contributed by atoms with Gasteiger partial charge in [-0.25, -0.2) is 0 Å². The normalized spacial score (nSPS) is 14.0. The highest BCUT2D eigenvalue weighted by molar-refractivity contribution is 5.31. The van der Waals surface area contributed by atoms with Gasteiger partial charge in [-0.15, -0.1) is 0 Å². The van der Waals surface area contributed by atoms with Gasteiger partial charge in [-0.3, -0.25) is 0 Å². The van der Waals surface area contributed by atoms with Gasteiger partial charge in [0.15, 0.2) is 0 Å². The first kappa shape index (κ1) is 18.0. The summed E-state index contributed by atoms with van der Waals surface area (Å²) < 4.78 is 11.3. The minimum Gasteiger partial charge on any atom is -0.487 e. The summed E-state index contributed by atoms with van der Waals surface area (Å²) in [6.07, 6.45) is 0.00899. The number of nitrogens with one attached hydrogen (secondary N) is 1. The highest BCUT2D eigenvalue weighted by Gasteiger charge is 2.17. The van der Waals surface area contributed by atoms with E-state index in [1.807, 2.05) is 12.1 Å². The number of rotatable bonds is 6. The van der Waals surface area contributed by atoms with Crippen LogP contribution in [-0.4, -0.2) is 31.9 Å². The molecule has 1 rings (SSSR count). The Morgan fingerprint density at radius 2 is 1.57 bits per heavy atom. The molecular weight excluding hydrogens is 262 g/mol. The molecule has 0 amide bonds. The van der Waals surface area contributed by atoms with Crippen molar-refractivity contribution in [3.05, 3.63) is 29.8 Å². The van der Waals surface area contributed by atoms with Crippen molar-refractivity contribution in [1.82, 2.24) is 5.32 Å². The molecule has 0 spiro atoms. The van der Waals surface area contributed by atoms with Gasteiger partial charge in [0, 0.05) is 19.2 Å². The lowest BCUT2D eigenvalue weighted by Gasteiger charge is -2.26. The first-order chi connectivity index (χ1) is 9.62. The molecule has 0 aromatic heterocycles. The van der Waals surface area contributed by atoms with E-state index in [0.29, 0.717) is 6.61 Å². The zero-order valence-corrected chi connectivity index (χ0v) is 14.6. The van der Waals surface area contributed by atoms with Gasteiger partial charge in [0.05, 0.1) is 6.61 Å². The Balaban J connectivity index is 2.66. The van der Waals surface area contributed by atoms with Crippen LogP contribution in [0.3, 0.4) is 0 Å². The first-order valence-electron chi connectivity index (χ1n) is 7.63. The molecule has 0 bridgehead atoms. The van der Waals surface area contributed by atoms with Crippen molar-refractivity contribution in [1.29, 1.82) is 0 Å². The Bertz CT molecular complexity index is 412. The molecule has 1 atom stereocenters. The fraction of sp³-hybridized carbons (Fsp3) is 0.667. The van der Waals surface area contributed by atoms with Crippen LogP contribution in [-0.2, 0) is 10.2 Å². The minimum absolute atomic E-state index is 0.00899. The lowest BCUT2D eigenvalue weighted by molar-refractivity contribution is 0.0765. The second kappa shape index (κ2) is 7.28. The van der Waals surface area contributed by atoms with E-state index in [4.69, 9.17) is 9.47 Å². The van der Waals surface area contributed by atoms with Gasteiger partial charge in [0.2, 0.25) is 0 Å². The van der Waals surface area contributed by atoms with E-state index in [2.05, 4.69) is 59.0 Å². The molecule has 0 aliphatic rings. The van der Waals surface area contributed by atoms with Crippen molar-refractivity contribution in [3.63, 3.8) is 0 Å². The largest absolute Gasteiger partial charge is 0.487 e. The Labute approximate surface area is 130 Å². The summed E-state index contributed by atoms with van der Waals surface area (Å²) >= 11 is 0. The molecule has 1 aromatic carbocycles. The van der Waals surface area contributed by atoms with Gasteiger partial charge in [-0.1, -0.05) is 32.9 Å². The number of benzene rings is 1. The summed E-state index contributed by atoms with van der Waals surface area (Å²) in [7, 11) is 1.70. The monoisotopic (exact) mass is 293 g/mol. The molecule has 1 N–H and O–H groups in total. The summed E-state index contributed by atoms with van der Waals surface area (Å²) in [6, 6.07) is 8.35. The fourth-order valence-electron chi connectivity index (χ4n) is 1.97. The van der Waals surface area contributed by atoms with Crippen molar-refractivity contribution in [3.8, 4) is 5.75 Å². The van der Waals surface area contributed by atoms with Crippen LogP contribution in [0.4, 0.5) is 0 Å². The smallest absolute Gasteiger partial charge is 0.134 e. The van der Waals surface area contributed by atoms with Crippen molar-refractivity contribution in [2.75, 3.05) is 20.3 Å². The molecule has 3 heteroatoms. The van der Waals surface area contributed by atoms with E-state index in [9.17, 15) is 0 Å². The summed E-state index contributed by atoms with van der Waals surface area (Å²) in [5, 5.41) is 3.46. The number of methoxy groups -OCH3 is 1. The van der Waals surface area contributed by atoms with Gasteiger partial charge in [-0.2, -0.15) is 0 Å². The maximum Gasteiger partial charge on any atom is 0.134 e. The average Bonchev–Trinajstić information content (AvgIpc) is 2.35. The maximum atomic E-state index is 6.03. The van der Waals surface area contributed by atoms with Crippen LogP contribution in [0.2, 0.25) is 0 Å². The number of ether oxygens (including phenoxy) is 2.